The molecule has 2 heterocycles. The first kappa shape index (κ1) is 29.4. The average molecular weight is 693 g/mol. The van der Waals surface area contributed by atoms with Gasteiger partial charge in [-0.2, -0.15) is 0 Å². The molecule has 248 valence electrons. The second-order valence-electron chi connectivity index (χ2n) is 15.2. The summed E-state index contributed by atoms with van der Waals surface area (Å²) in [5.41, 5.74) is 12.3. The van der Waals surface area contributed by atoms with Gasteiger partial charge >= 0.3 is 0 Å². The Morgan fingerprint density at radius 2 is 1.04 bits per heavy atom. The van der Waals surface area contributed by atoms with E-state index in [1.54, 1.807) is 0 Å². The molecule has 1 aliphatic rings. The van der Waals surface area contributed by atoms with Gasteiger partial charge in [-0.25, -0.2) is 0 Å². The normalized spacial score (nSPS) is 13.6. The Labute approximate surface area is 310 Å². The lowest BCUT2D eigenvalue weighted by Crippen LogP contribution is -2.14. The third kappa shape index (κ3) is 3.96. The molecule has 0 radical (unpaired) electrons. The van der Waals surface area contributed by atoms with Crippen LogP contribution < -0.4 is 0 Å². The minimum absolute atomic E-state index is 0.0227. The van der Waals surface area contributed by atoms with Crippen molar-refractivity contribution in [3.05, 3.63) is 169 Å². The molecule has 1 nitrogen and oxygen atoms in total. The van der Waals surface area contributed by atoms with E-state index in [1.807, 2.05) is 11.3 Å². The molecule has 0 fully saturated rings. The molecule has 2 heteroatoms. The summed E-state index contributed by atoms with van der Waals surface area (Å²) in [5, 5.41) is 12.3. The second-order valence-corrected chi connectivity index (χ2v) is 16.3. The van der Waals surface area contributed by atoms with Gasteiger partial charge in [-0.05, 0) is 114 Å². The fourth-order valence-corrected chi connectivity index (χ4v) is 10.7. The quantitative estimate of drug-likeness (QED) is 0.164. The van der Waals surface area contributed by atoms with Gasteiger partial charge in [-0.3, -0.25) is 0 Å². The Bertz CT molecular complexity index is 3320. The first-order valence-electron chi connectivity index (χ1n) is 18.4. The maximum absolute atomic E-state index is 6.73. The SMILES string of the molecule is CC1(C)c2ccccc2-c2cc(-c3c4ccccc4c(-c4ccc5oc6c7cc8c(cc7ccc6c5c4)sc4ccccc48)c4ccccc34)ccc21. The van der Waals surface area contributed by atoms with Crippen LogP contribution in [0.3, 0.4) is 0 Å². The van der Waals surface area contributed by atoms with Crippen LogP contribution in [0.25, 0.3) is 108 Å². The number of hydrogen-bond donors (Lipinski definition) is 0. The van der Waals surface area contributed by atoms with E-state index in [9.17, 15) is 0 Å². The van der Waals surface area contributed by atoms with E-state index >= 15 is 0 Å². The summed E-state index contributed by atoms with van der Waals surface area (Å²) in [7, 11) is 0. The van der Waals surface area contributed by atoms with Gasteiger partial charge in [0.15, 0.2) is 0 Å². The van der Waals surface area contributed by atoms with Crippen LogP contribution in [0.2, 0.25) is 0 Å². The molecular formula is C51H32OS. The fraction of sp³-hybridized carbons (Fsp3) is 0.0588. The maximum atomic E-state index is 6.73. The molecular weight excluding hydrogens is 661 g/mol. The number of hydrogen-bond acceptors (Lipinski definition) is 2. The van der Waals surface area contributed by atoms with E-state index in [0.717, 1.165) is 27.3 Å². The van der Waals surface area contributed by atoms with Crippen molar-refractivity contribution < 1.29 is 4.42 Å². The lowest BCUT2D eigenvalue weighted by molar-refractivity contribution is 0.660. The molecule has 0 spiro atoms. The zero-order valence-corrected chi connectivity index (χ0v) is 30.1. The van der Waals surface area contributed by atoms with Crippen molar-refractivity contribution in [2.24, 2.45) is 0 Å². The van der Waals surface area contributed by atoms with Crippen LogP contribution in [0, 0.1) is 0 Å². The predicted molar refractivity (Wildman–Crippen MR) is 228 cm³/mol. The van der Waals surface area contributed by atoms with E-state index in [4.69, 9.17) is 4.42 Å². The van der Waals surface area contributed by atoms with Crippen LogP contribution in [0.4, 0.5) is 0 Å². The average Bonchev–Trinajstić information content (AvgIpc) is 3.83. The van der Waals surface area contributed by atoms with Crippen LogP contribution in [-0.2, 0) is 5.41 Å². The van der Waals surface area contributed by atoms with E-state index in [2.05, 4.69) is 172 Å². The van der Waals surface area contributed by atoms with Gasteiger partial charge in [0.25, 0.3) is 0 Å². The third-order valence-electron chi connectivity index (χ3n) is 12.0. The summed E-state index contributed by atoms with van der Waals surface area (Å²) in [6, 6.07) is 58.7. The van der Waals surface area contributed by atoms with Crippen molar-refractivity contribution >= 4 is 85.8 Å². The first-order chi connectivity index (χ1) is 26.0. The summed E-state index contributed by atoms with van der Waals surface area (Å²) < 4.78 is 9.36. The molecule has 0 saturated carbocycles. The summed E-state index contributed by atoms with van der Waals surface area (Å²) in [5.74, 6) is 0. The largest absolute Gasteiger partial charge is 0.455 e. The lowest BCUT2D eigenvalue weighted by Gasteiger charge is -2.22. The molecule has 53 heavy (non-hydrogen) atoms. The van der Waals surface area contributed by atoms with Gasteiger partial charge in [0, 0.05) is 41.7 Å². The second kappa shape index (κ2) is 10.4. The highest BCUT2D eigenvalue weighted by Gasteiger charge is 2.35. The predicted octanol–water partition coefficient (Wildman–Crippen LogP) is 15.1. The molecule has 0 bridgehead atoms. The Morgan fingerprint density at radius 3 is 1.79 bits per heavy atom. The van der Waals surface area contributed by atoms with Crippen molar-refractivity contribution in [3.8, 4) is 33.4 Å². The summed E-state index contributed by atoms with van der Waals surface area (Å²) in [6.45, 7) is 4.70. The molecule has 0 amide bonds. The topological polar surface area (TPSA) is 13.1 Å². The van der Waals surface area contributed by atoms with Gasteiger partial charge in [0.1, 0.15) is 11.2 Å². The van der Waals surface area contributed by atoms with Crippen molar-refractivity contribution in [1.29, 1.82) is 0 Å². The summed E-state index contributed by atoms with van der Waals surface area (Å²) in [6.07, 6.45) is 0. The molecule has 1 aliphatic carbocycles. The molecule has 0 atom stereocenters. The monoisotopic (exact) mass is 692 g/mol. The van der Waals surface area contributed by atoms with E-state index < -0.39 is 0 Å². The van der Waals surface area contributed by atoms with Crippen molar-refractivity contribution in [2.45, 2.75) is 19.3 Å². The van der Waals surface area contributed by atoms with E-state index in [1.165, 1.54) is 91.6 Å². The highest BCUT2D eigenvalue weighted by Crippen LogP contribution is 2.51. The summed E-state index contributed by atoms with van der Waals surface area (Å²) >= 11 is 1.86. The smallest absolute Gasteiger partial charge is 0.143 e. The third-order valence-corrected chi connectivity index (χ3v) is 13.2. The Morgan fingerprint density at radius 1 is 0.415 bits per heavy atom. The minimum Gasteiger partial charge on any atom is -0.455 e. The minimum atomic E-state index is -0.0227. The lowest BCUT2D eigenvalue weighted by atomic mass is 9.81. The maximum Gasteiger partial charge on any atom is 0.143 e. The van der Waals surface area contributed by atoms with Crippen LogP contribution in [-0.4, -0.2) is 0 Å². The molecule has 9 aromatic carbocycles. The molecule has 0 aliphatic heterocycles. The molecule has 0 unspecified atom stereocenters. The fourth-order valence-electron chi connectivity index (χ4n) is 9.56. The standard InChI is InChI=1S/C51H32OS/c1-51(2)43-17-9-7-11-32(43)40-25-30(20-23-44(40)51)48-34-13-3-5-15-36(34)49(37-16-6-4-14-35(37)48)31-21-24-45-41(26-31)38-22-19-29-27-47-42(28-39(29)50(38)52-45)33-12-8-10-18-46(33)53-47/h3-28H,1-2H3. The number of furan rings is 1. The van der Waals surface area contributed by atoms with Crippen LogP contribution in [0.5, 0.6) is 0 Å². The highest BCUT2D eigenvalue weighted by atomic mass is 32.1. The number of benzene rings is 9. The van der Waals surface area contributed by atoms with Gasteiger partial charge in [0.05, 0.1) is 0 Å². The van der Waals surface area contributed by atoms with Gasteiger partial charge in [-0.15, -0.1) is 11.3 Å². The van der Waals surface area contributed by atoms with E-state index in [0.29, 0.717) is 0 Å². The molecule has 2 aromatic heterocycles. The Kier molecular flexibility index (Phi) is 5.78. The number of rotatable bonds is 2. The zero-order chi connectivity index (χ0) is 35.0. The molecule has 0 saturated heterocycles. The highest BCUT2D eigenvalue weighted by molar-refractivity contribution is 7.25. The van der Waals surface area contributed by atoms with Crippen LogP contribution >= 0.6 is 11.3 Å². The van der Waals surface area contributed by atoms with Gasteiger partial charge < -0.3 is 4.42 Å². The van der Waals surface area contributed by atoms with E-state index in [-0.39, 0.29) is 5.41 Å². The number of thiophene rings is 1. The van der Waals surface area contributed by atoms with Crippen LogP contribution in [0.15, 0.2) is 162 Å². The molecule has 0 N–H and O–H groups in total. The first-order valence-corrected chi connectivity index (χ1v) is 19.2. The van der Waals surface area contributed by atoms with Crippen LogP contribution in [0.1, 0.15) is 25.0 Å². The van der Waals surface area contributed by atoms with Gasteiger partial charge in [-0.1, -0.05) is 129 Å². The molecule has 11 aromatic rings. The van der Waals surface area contributed by atoms with Crippen molar-refractivity contribution in [1.82, 2.24) is 0 Å². The number of fused-ring (bicyclic) bond motifs is 13. The zero-order valence-electron chi connectivity index (χ0n) is 29.3. The Balaban J connectivity index is 1.09. The van der Waals surface area contributed by atoms with Crippen molar-refractivity contribution in [2.75, 3.05) is 0 Å². The summed E-state index contributed by atoms with van der Waals surface area (Å²) in [4.78, 5) is 0. The molecule has 12 rings (SSSR count). The van der Waals surface area contributed by atoms with Crippen molar-refractivity contribution in [3.63, 3.8) is 0 Å². The van der Waals surface area contributed by atoms with Gasteiger partial charge in [0.2, 0.25) is 0 Å². The Hall–Kier alpha value is -6.22.